The minimum Gasteiger partial charge on any atom is -0.469 e. The van der Waals surface area contributed by atoms with Gasteiger partial charge in [0.2, 0.25) is 10.7 Å². The highest BCUT2D eigenvalue weighted by molar-refractivity contribution is 7.71. The molecule has 0 radical (unpaired) electrons. The molecule has 0 unspecified atom stereocenters. The van der Waals surface area contributed by atoms with Crippen LogP contribution in [0.2, 0.25) is 0 Å². The van der Waals surface area contributed by atoms with E-state index in [-0.39, 0.29) is 6.61 Å². The fourth-order valence-corrected chi connectivity index (χ4v) is 2.49. The number of hydrogen-bond acceptors (Lipinski definition) is 7. The Morgan fingerprint density at radius 3 is 2.76 bits per heavy atom. The summed E-state index contributed by atoms with van der Waals surface area (Å²) in [6, 6.07) is 11.5. The SMILES string of the molecule is Cc1cc(OCc2n[nH]c(=S)n2N)n2nc(-c3ccccc3)nc2n1. The van der Waals surface area contributed by atoms with E-state index in [1.54, 1.807) is 10.6 Å². The largest absolute Gasteiger partial charge is 0.469 e. The Kier molecular flexibility index (Phi) is 3.65. The number of aromatic nitrogens is 7. The van der Waals surface area contributed by atoms with Crippen LogP contribution < -0.4 is 10.6 Å². The summed E-state index contributed by atoms with van der Waals surface area (Å²) in [5.41, 5.74) is 1.67. The predicted molar refractivity (Wildman–Crippen MR) is 92.8 cm³/mol. The summed E-state index contributed by atoms with van der Waals surface area (Å²) < 4.78 is 8.96. The van der Waals surface area contributed by atoms with Crippen molar-refractivity contribution in [2.24, 2.45) is 0 Å². The second-order valence-corrected chi connectivity index (χ2v) is 5.74. The van der Waals surface area contributed by atoms with Gasteiger partial charge in [0.1, 0.15) is 0 Å². The molecule has 3 N–H and O–H groups in total. The lowest BCUT2D eigenvalue weighted by atomic mass is 10.2. The molecule has 0 aliphatic rings. The summed E-state index contributed by atoms with van der Waals surface area (Å²) in [6.07, 6.45) is 0. The third-order valence-corrected chi connectivity index (χ3v) is 3.85. The van der Waals surface area contributed by atoms with Crippen molar-refractivity contribution in [3.63, 3.8) is 0 Å². The van der Waals surface area contributed by atoms with Gasteiger partial charge in [0.15, 0.2) is 18.3 Å². The van der Waals surface area contributed by atoms with Gasteiger partial charge in [0.05, 0.1) is 0 Å². The van der Waals surface area contributed by atoms with E-state index in [9.17, 15) is 0 Å². The molecule has 0 aliphatic heterocycles. The Labute approximate surface area is 147 Å². The number of nitrogen functional groups attached to an aromatic ring is 1. The van der Waals surface area contributed by atoms with Crippen molar-refractivity contribution in [2.75, 3.05) is 5.84 Å². The van der Waals surface area contributed by atoms with E-state index >= 15 is 0 Å². The number of benzene rings is 1. The average molecular weight is 354 g/mol. The molecule has 0 spiro atoms. The first kappa shape index (κ1) is 15.3. The van der Waals surface area contributed by atoms with Gasteiger partial charge in [-0.05, 0) is 19.1 Å². The maximum Gasteiger partial charge on any atom is 0.256 e. The van der Waals surface area contributed by atoms with Crippen LogP contribution in [0.4, 0.5) is 0 Å². The normalized spacial score (nSPS) is 11.1. The van der Waals surface area contributed by atoms with E-state index in [2.05, 4.69) is 25.3 Å². The van der Waals surface area contributed by atoms with Gasteiger partial charge in [-0.2, -0.15) is 14.6 Å². The number of H-pyrrole nitrogens is 1. The van der Waals surface area contributed by atoms with Gasteiger partial charge in [0, 0.05) is 17.3 Å². The molecule has 9 nitrogen and oxygen atoms in total. The highest BCUT2D eigenvalue weighted by Crippen LogP contribution is 2.20. The number of aryl methyl sites for hydroxylation is 1. The van der Waals surface area contributed by atoms with Crippen LogP contribution >= 0.6 is 12.2 Å². The molecule has 25 heavy (non-hydrogen) atoms. The smallest absolute Gasteiger partial charge is 0.256 e. The van der Waals surface area contributed by atoms with Crippen molar-refractivity contribution in [2.45, 2.75) is 13.5 Å². The summed E-state index contributed by atoms with van der Waals surface area (Å²) in [7, 11) is 0. The monoisotopic (exact) mass is 354 g/mol. The summed E-state index contributed by atoms with van der Waals surface area (Å²) >= 11 is 4.99. The van der Waals surface area contributed by atoms with Crippen molar-refractivity contribution in [3.05, 3.63) is 52.7 Å². The number of fused-ring (bicyclic) bond motifs is 1. The molecule has 3 aromatic heterocycles. The first-order valence-electron chi connectivity index (χ1n) is 7.46. The van der Waals surface area contributed by atoms with Crippen molar-refractivity contribution in [1.29, 1.82) is 0 Å². The second kappa shape index (κ2) is 5.98. The quantitative estimate of drug-likeness (QED) is 0.423. The van der Waals surface area contributed by atoms with Gasteiger partial charge in [-0.1, -0.05) is 30.3 Å². The minimum atomic E-state index is 0.128. The lowest BCUT2D eigenvalue weighted by Gasteiger charge is -2.07. The third-order valence-electron chi connectivity index (χ3n) is 3.57. The lowest BCUT2D eigenvalue weighted by molar-refractivity contribution is 0.273. The Bertz CT molecular complexity index is 1100. The van der Waals surface area contributed by atoms with E-state index < -0.39 is 0 Å². The first-order chi connectivity index (χ1) is 12.1. The fraction of sp³-hybridized carbons (Fsp3) is 0.133. The molecule has 0 fully saturated rings. The van der Waals surface area contributed by atoms with Crippen LogP contribution in [0.25, 0.3) is 17.2 Å². The summed E-state index contributed by atoms with van der Waals surface area (Å²) in [5, 5.41) is 11.1. The molecule has 0 atom stereocenters. The van der Waals surface area contributed by atoms with E-state index in [4.69, 9.17) is 22.8 Å². The van der Waals surface area contributed by atoms with Crippen LogP contribution in [0.1, 0.15) is 11.5 Å². The number of aromatic amines is 1. The molecular weight excluding hydrogens is 340 g/mol. The van der Waals surface area contributed by atoms with Gasteiger partial charge < -0.3 is 10.6 Å². The number of nitrogens with two attached hydrogens (primary N) is 1. The Morgan fingerprint density at radius 1 is 1.24 bits per heavy atom. The fourth-order valence-electron chi connectivity index (χ4n) is 2.34. The second-order valence-electron chi connectivity index (χ2n) is 5.35. The van der Waals surface area contributed by atoms with Crippen molar-refractivity contribution >= 4 is 18.0 Å². The van der Waals surface area contributed by atoms with Crippen molar-refractivity contribution in [3.8, 4) is 17.3 Å². The van der Waals surface area contributed by atoms with Gasteiger partial charge >= 0.3 is 0 Å². The van der Waals surface area contributed by atoms with Crippen molar-refractivity contribution < 1.29 is 4.74 Å². The standard InChI is InChI=1S/C15H14N8OS/c1-9-7-12(24-8-11-19-20-15(25)22(11)16)23-14(17-9)18-13(21-23)10-5-3-2-4-6-10/h2-7H,8,16H2,1H3,(H,20,25). The highest BCUT2D eigenvalue weighted by atomic mass is 32.1. The molecule has 0 amide bonds. The van der Waals surface area contributed by atoms with Crippen LogP contribution in [0, 0.1) is 11.7 Å². The van der Waals surface area contributed by atoms with Crippen LogP contribution in [-0.4, -0.2) is 34.5 Å². The first-order valence-corrected chi connectivity index (χ1v) is 7.86. The molecule has 3 heterocycles. The lowest BCUT2D eigenvalue weighted by Crippen LogP contribution is -2.15. The van der Waals surface area contributed by atoms with E-state index in [1.165, 1.54) is 4.68 Å². The van der Waals surface area contributed by atoms with Crippen LogP contribution in [0.5, 0.6) is 5.88 Å². The maximum absolute atomic E-state index is 5.82. The van der Waals surface area contributed by atoms with Crippen LogP contribution in [-0.2, 0) is 6.61 Å². The molecule has 10 heteroatoms. The number of rotatable bonds is 4. The van der Waals surface area contributed by atoms with Crippen molar-refractivity contribution in [1.82, 2.24) is 34.5 Å². The molecule has 0 saturated heterocycles. The van der Waals surface area contributed by atoms with E-state index in [1.807, 2.05) is 37.3 Å². The zero-order valence-electron chi connectivity index (χ0n) is 13.2. The van der Waals surface area contributed by atoms with Crippen LogP contribution in [0.15, 0.2) is 36.4 Å². The Morgan fingerprint density at radius 2 is 2.04 bits per heavy atom. The number of ether oxygens (including phenoxy) is 1. The molecule has 0 aliphatic carbocycles. The van der Waals surface area contributed by atoms with Gasteiger partial charge in [-0.25, -0.2) is 9.66 Å². The topological polar surface area (TPSA) is 112 Å². The zero-order valence-corrected chi connectivity index (χ0v) is 14.1. The highest BCUT2D eigenvalue weighted by Gasteiger charge is 2.13. The molecular formula is C15H14N8OS. The Hall–Kier alpha value is -3.27. The van der Waals surface area contributed by atoms with E-state index in [0.717, 1.165) is 11.3 Å². The van der Waals surface area contributed by atoms with E-state index in [0.29, 0.717) is 28.1 Å². The Balaban J connectivity index is 1.72. The summed E-state index contributed by atoms with van der Waals surface area (Å²) in [4.78, 5) is 8.87. The number of hydrogen-bond donors (Lipinski definition) is 2. The molecule has 1 aromatic carbocycles. The van der Waals surface area contributed by atoms with Gasteiger partial charge in [-0.3, -0.25) is 5.10 Å². The molecule has 0 saturated carbocycles. The minimum absolute atomic E-state index is 0.128. The maximum atomic E-state index is 5.82. The summed E-state index contributed by atoms with van der Waals surface area (Å²) in [5.74, 6) is 7.77. The summed E-state index contributed by atoms with van der Waals surface area (Å²) in [6.45, 7) is 1.99. The predicted octanol–water partition coefficient (Wildman–Crippen LogP) is 1.65. The number of nitrogens with one attached hydrogen (secondary N) is 1. The zero-order chi connectivity index (χ0) is 17.4. The average Bonchev–Trinajstić information content (AvgIpc) is 3.18. The van der Waals surface area contributed by atoms with Gasteiger partial charge in [0.25, 0.3) is 5.78 Å². The molecule has 126 valence electrons. The van der Waals surface area contributed by atoms with Gasteiger partial charge in [-0.15, -0.1) is 5.10 Å². The molecule has 0 bridgehead atoms. The third kappa shape index (κ3) is 2.83. The number of nitrogens with zero attached hydrogens (tertiary/aromatic N) is 6. The molecule has 4 rings (SSSR count). The van der Waals surface area contributed by atoms with Crippen LogP contribution in [0.3, 0.4) is 0 Å². The molecule has 4 aromatic rings.